The van der Waals surface area contributed by atoms with Crippen LogP contribution in [0.3, 0.4) is 0 Å². The number of amides is 1. The summed E-state index contributed by atoms with van der Waals surface area (Å²) in [6, 6.07) is 14.7. The third-order valence-electron chi connectivity index (χ3n) is 8.37. The van der Waals surface area contributed by atoms with Crippen LogP contribution < -0.4 is 0 Å². The molecule has 7 rings (SSSR count). The normalized spacial score (nSPS) is 21.4. The zero-order valence-corrected chi connectivity index (χ0v) is 22.8. The minimum absolute atomic E-state index is 0.0923. The van der Waals surface area contributed by atoms with Crippen molar-refractivity contribution in [3.05, 3.63) is 95.2 Å². The summed E-state index contributed by atoms with van der Waals surface area (Å²) in [5.74, 6) is -2.03. The number of rotatable bonds is 5. The number of imidazole rings is 1. The van der Waals surface area contributed by atoms with E-state index in [1.54, 1.807) is 60.4 Å². The second kappa shape index (κ2) is 9.57. The van der Waals surface area contributed by atoms with Crippen molar-refractivity contribution in [3.8, 4) is 22.8 Å². The fraction of sp³-hybridized carbons (Fsp3) is 0.258. The average molecular weight is 569 g/mol. The Morgan fingerprint density at radius 1 is 1.07 bits per heavy atom. The zero-order valence-electron chi connectivity index (χ0n) is 22.8. The van der Waals surface area contributed by atoms with Crippen LogP contribution in [0.5, 0.6) is 0 Å². The number of carboxylic acid groups (broad SMARTS) is 1. The summed E-state index contributed by atoms with van der Waals surface area (Å²) in [4.78, 5) is 35.6. The first-order valence-corrected chi connectivity index (χ1v) is 13.7. The van der Waals surface area contributed by atoms with Gasteiger partial charge in [-0.1, -0.05) is 30.3 Å². The highest BCUT2D eigenvalue weighted by molar-refractivity contribution is 5.94. The molecule has 1 fully saturated rings. The maximum absolute atomic E-state index is 15.3. The highest BCUT2D eigenvalue weighted by atomic mass is 19.1. The van der Waals surface area contributed by atoms with Crippen LogP contribution in [0.25, 0.3) is 28.4 Å². The molecule has 11 heteroatoms. The van der Waals surface area contributed by atoms with Crippen molar-refractivity contribution >= 4 is 17.5 Å². The maximum atomic E-state index is 15.3. The summed E-state index contributed by atoms with van der Waals surface area (Å²) in [6.07, 6.45) is 2.53. The molecule has 0 bridgehead atoms. The van der Waals surface area contributed by atoms with Crippen LogP contribution in [0.1, 0.15) is 58.7 Å². The third kappa shape index (κ3) is 4.15. The van der Waals surface area contributed by atoms with Crippen LogP contribution in [0.2, 0.25) is 0 Å². The molecule has 1 aliphatic carbocycles. The molecule has 0 radical (unpaired) electrons. The molecule has 1 unspecified atom stereocenters. The van der Waals surface area contributed by atoms with Crippen molar-refractivity contribution in [3.63, 3.8) is 0 Å². The van der Waals surface area contributed by atoms with Gasteiger partial charge in [0.1, 0.15) is 23.4 Å². The molecule has 1 amide bonds. The van der Waals surface area contributed by atoms with E-state index in [0.717, 1.165) is 5.56 Å². The number of aromatic nitrogens is 5. The predicted molar refractivity (Wildman–Crippen MR) is 149 cm³/mol. The largest absolute Gasteiger partial charge is 0.481 e. The Kier molecular flexibility index (Phi) is 5.93. The van der Waals surface area contributed by atoms with Gasteiger partial charge in [-0.2, -0.15) is 5.10 Å². The predicted octanol–water partition coefficient (Wildman–Crippen LogP) is 5.35. The summed E-state index contributed by atoms with van der Waals surface area (Å²) in [5, 5.41) is 13.9. The van der Waals surface area contributed by atoms with E-state index >= 15 is 8.78 Å². The van der Waals surface area contributed by atoms with Gasteiger partial charge in [0.25, 0.3) is 5.91 Å². The second-order valence-corrected chi connectivity index (χ2v) is 10.9. The zero-order chi connectivity index (χ0) is 29.3. The van der Waals surface area contributed by atoms with Crippen LogP contribution in [-0.4, -0.2) is 52.6 Å². The molecule has 42 heavy (non-hydrogen) atoms. The van der Waals surface area contributed by atoms with Gasteiger partial charge in [0, 0.05) is 31.1 Å². The van der Waals surface area contributed by atoms with Crippen LogP contribution in [-0.2, 0) is 11.8 Å². The molecule has 1 N–H and O–H groups in total. The fourth-order valence-electron chi connectivity index (χ4n) is 5.97. The van der Waals surface area contributed by atoms with E-state index in [1.165, 1.54) is 15.5 Å². The minimum atomic E-state index is -1.33. The van der Waals surface area contributed by atoms with Crippen LogP contribution >= 0.6 is 0 Å². The topological polar surface area (TPSA) is 106 Å². The molecule has 2 aliphatic rings. The quantitative estimate of drug-likeness (QED) is 0.306. The number of nitrogens with zero attached hydrogens (tertiary/aromatic N) is 6. The Morgan fingerprint density at radius 2 is 1.86 bits per heavy atom. The lowest BCUT2D eigenvalue weighted by atomic mass is 9.92. The molecule has 5 aromatic rings. The van der Waals surface area contributed by atoms with Crippen molar-refractivity contribution < 1.29 is 23.5 Å². The number of carbonyl (C=O) groups excluding carboxylic acids is 1. The monoisotopic (exact) mass is 568 g/mol. The standard InChI is InChI=1S/C31H26F2N6O3/c1-16-18-5-3-4-6-19(18)24(33)15-38(16)30(40)26-13-27(29-34-9-10-37(29)2)39-28(35-26)14-25(36-39)20-8-7-17(11-23(20)32)21-12-22(21)31(41)42/h3-11,13-14,16,21-22,24H,12,15H2,1-2H3,(H,41,42)/t16-,21-,22+,24?/m1/s1. The molecule has 2 aromatic carbocycles. The van der Waals surface area contributed by atoms with Crippen LogP contribution in [0, 0.1) is 11.7 Å². The van der Waals surface area contributed by atoms with Crippen LogP contribution in [0.15, 0.2) is 67.0 Å². The van der Waals surface area contributed by atoms with Crippen molar-refractivity contribution in [1.82, 2.24) is 29.0 Å². The van der Waals surface area contributed by atoms with Gasteiger partial charge in [0.2, 0.25) is 0 Å². The van der Waals surface area contributed by atoms with Crippen molar-refractivity contribution in [2.45, 2.75) is 31.5 Å². The summed E-state index contributed by atoms with van der Waals surface area (Å²) < 4.78 is 33.8. The Bertz CT molecular complexity index is 1900. The first-order valence-electron chi connectivity index (χ1n) is 13.7. The van der Waals surface area contributed by atoms with E-state index in [2.05, 4.69) is 15.1 Å². The molecular formula is C31H26F2N6O3. The summed E-state index contributed by atoms with van der Waals surface area (Å²) in [6.45, 7) is 1.76. The number of halogens is 2. The number of fused-ring (bicyclic) bond motifs is 2. The van der Waals surface area contributed by atoms with Crippen molar-refractivity contribution in [2.75, 3.05) is 6.54 Å². The van der Waals surface area contributed by atoms with E-state index in [0.29, 0.717) is 40.4 Å². The fourth-order valence-corrected chi connectivity index (χ4v) is 5.97. The SMILES string of the molecule is C[C@@H]1c2ccccc2C(F)CN1C(=O)c1cc(-c2nccn2C)n2nc(-c3ccc([C@H]4C[C@@H]4C(=O)O)cc3F)cc2n1. The highest BCUT2D eigenvalue weighted by Gasteiger charge is 2.44. The molecule has 4 heterocycles. The molecule has 1 saturated carbocycles. The molecule has 0 spiro atoms. The van der Waals surface area contributed by atoms with Gasteiger partial charge >= 0.3 is 5.97 Å². The maximum Gasteiger partial charge on any atom is 0.307 e. The van der Waals surface area contributed by atoms with E-state index < -0.39 is 29.8 Å². The number of hydrogen-bond donors (Lipinski definition) is 1. The van der Waals surface area contributed by atoms with Gasteiger partial charge in [-0.05, 0) is 54.2 Å². The Hall–Kier alpha value is -4.93. The lowest BCUT2D eigenvalue weighted by molar-refractivity contribution is -0.138. The number of carbonyl (C=O) groups is 2. The summed E-state index contributed by atoms with van der Waals surface area (Å²) in [5.41, 5.74) is 3.33. The molecule has 9 nitrogen and oxygen atoms in total. The van der Waals surface area contributed by atoms with Crippen LogP contribution in [0.4, 0.5) is 8.78 Å². The van der Waals surface area contributed by atoms with Gasteiger partial charge < -0.3 is 14.6 Å². The number of benzene rings is 2. The van der Waals surface area contributed by atoms with E-state index in [9.17, 15) is 14.7 Å². The number of carboxylic acids is 1. The molecule has 3 aromatic heterocycles. The Balaban J connectivity index is 1.30. The van der Waals surface area contributed by atoms with Gasteiger partial charge in [0.05, 0.1) is 24.2 Å². The molecule has 4 atom stereocenters. The number of aliphatic carboxylic acids is 1. The molecule has 212 valence electrons. The number of hydrogen-bond acceptors (Lipinski definition) is 5. The van der Waals surface area contributed by atoms with Crippen molar-refractivity contribution in [1.29, 1.82) is 0 Å². The smallest absolute Gasteiger partial charge is 0.307 e. The molecule has 1 aliphatic heterocycles. The first-order chi connectivity index (χ1) is 20.2. The van der Waals surface area contributed by atoms with Crippen molar-refractivity contribution in [2.24, 2.45) is 13.0 Å². The van der Waals surface area contributed by atoms with Gasteiger partial charge in [-0.25, -0.2) is 23.3 Å². The summed E-state index contributed by atoms with van der Waals surface area (Å²) >= 11 is 0. The van der Waals surface area contributed by atoms with E-state index in [1.807, 2.05) is 19.1 Å². The molecular weight excluding hydrogens is 542 g/mol. The third-order valence-corrected chi connectivity index (χ3v) is 8.37. The number of aryl methyl sites for hydroxylation is 1. The van der Waals surface area contributed by atoms with Gasteiger partial charge in [-0.15, -0.1) is 0 Å². The lowest BCUT2D eigenvalue weighted by Gasteiger charge is -2.36. The lowest BCUT2D eigenvalue weighted by Crippen LogP contribution is -2.40. The van der Waals surface area contributed by atoms with Gasteiger partial charge in [-0.3, -0.25) is 9.59 Å². The number of alkyl halides is 1. The van der Waals surface area contributed by atoms with E-state index in [4.69, 9.17) is 0 Å². The van der Waals surface area contributed by atoms with Gasteiger partial charge in [0.15, 0.2) is 11.5 Å². The first kappa shape index (κ1) is 26.0. The minimum Gasteiger partial charge on any atom is -0.481 e. The summed E-state index contributed by atoms with van der Waals surface area (Å²) in [7, 11) is 1.80. The Morgan fingerprint density at radius 3 is 2.55 bits per heavy atom. The van der Waals surface area contributed by atoms with E-state index in [-0.39, 0.29) is 29.8 Å². The molecule has 0 saturated heterocycles. The Labute approximate surface area is 239 Å². The average Bonchev–Trinajstić information content (AvgIpc) is 3.51. The highest BCUT2D eigenvalue weighted by Crippen LogP contribution is 2.48. The second-order valence-electron chi connectivity index (χ2n) is 10.9.